The Balaban J connectivity index is 2.19. The van der Waals surface area contributed by atoms with Crippen molar-refractivity contribution in [2.75, 3.05) is 20.8 Å². The topological polar surface area (TPSA) is 30.5 Å². The Morgan fingerprint density at radius 3 is 2.60 bits per heavy atom. The van der Waals surface area contributed by atoms with Crippen LogP contribution in [0.4, 0.5) is 0 Å². The lowest BCUT2D eigenvalue weighted by Crippen LogP contribution is -2.21. The van der Waals surface area contributed by atoms with Crippen molar-refractivity contribution in [3.05, 3.63) is 29.3 Å². The van der Waals surface area contributed by atoms with Crippen LogP contribution in [-0.2, 0) is 0 Å². The third-order valence-corrected chi connectivity index (χ3v) is 3.70. The molecule has 1 aliphatic rings. The highest BCUT2D eigenvalue weighted by Gasteiger charge is 2.20. The predicted octanol–water partition coefficient (Wildman–Crippen LogP) is 3.50. The summed E-state index contributed by atoms with van der Waals surface area (Å²) in [6, 6.07) is 6.69. The maximum absolute atomic E-state index is 5.46. The van der Waals surface area contributed by atoms with Gasteiger partial charge in [-0.2, -0.15) is 0 Å². The fraction of sp³-hybridized carbons (Fsp3) is 0.529. The van der Waals surface area contributed by atoms with E-state index in [1.807, 2.05) is 12.1 Å². The van der Waals surface area contributed by atoms with E-state index in [9.17, 15) is 0 Å². The van der Waals surface area contributed by atoms with Gasteiger partial charge in [0.25, 0.3) is 0 Å². The van der Waals surface area contributed by atoms with Gasteiger partial charge in [-0.3, -0.25) is 0 Å². The van der Waals surface area contributed by atoms with Crippen LogP contribution in [0, 0.1) is 5.92 Å². The largest absolute Gasteiger partial charge is 0.497 e. The van der Waals surface area contributed by atoms with Crippen molar-refractivity contribution in [1.82, 2.24) is 5.32 Å². The van der Waals surface area contributed by atoms with Gasteiger partial charge >= 0.3 is 0 Å². The Labute approximate surface area is 122 Å². The van der Waals surface area contributed by atoms with Crippen molar-refractivity contribution in [2.24, 2.45) is 5.92 Å². The van der Waals surface area contributed by atoms with Crippen LogP contribution in [-0.4, -0.2) is 26.8 Å². The van der Waals surface area contributed by atoms with Gasteiger partial charge in [-0.1, -0.05) is 25.5 Å². The first-order chi connectivity index (χ1) is 9.63. The van der Waals surface area contributed by atoms with Gasteiger partial charge < -0.3 is 14.8 Å². The molecule has 1 aliphatic carbocycles. The Kier molecular flexibility index (Phi) is 5.07. The summed E-state index contributed by atoms with van der Waals surface area (Å²) in [6.45, 7) is 5.42. The van der Waals surface area contributed by atoms with Crippen LogP contribution in [0.3, 0.4) is 0 Å². The van der Waals surface area contributed by atoms with E-state index < -0.39 is 0 Å². The van der Waals surface area contributed by atoms with E-state index in [1.165, 1.54) is 18.4 Å². The van der Waals surface area contributed by atoms with E-state index in [1.54, 1.807) is 14.2 Å². The highest BCUT2D eigenvalue weighted by molar-refractivity contribution is 5.62. The van der Waals surface area contributed by atoms with E-state index >= 15 is 0 Å². The summed E-state index contributed by atoms with van der Waals surface area (Å²) in [6.07, 6.45) is 4.87. The van der Waals surface area contributed by atoms with Gasteiger partial charge in [0.05, 0.1) is 14.2 Å². The maximum atomic E-state index is 5.46. The number of ether oxygens (including phenoxy) is 2. The van der Waals surface area contributed by atoms with E-state index in [-0.39, 0.29) is 0 Å². The molecule has 110 valence electrons. The Hall–Kier alpha value is -1.48. The first kappa shape index (κ1) is 14.9. The summed E-state index contributed by atoms with van der Waals surface area (Å²) in [5.41, 5.74) is 2.51. The molecule has 0 amide bonds. The van der Waals surface area contributed by atoms with Gasteiger partial charge in [-0.25, -0.2) is 0 Å². The standard InChI is InChI=1S/C17H25NO2/c1-12(2)14(11-18-15-6-7-15)9-13-5-8-16(19-3)10-17(13)20-4/h5,8-10,12,15,18H,6-7,11H2,1-4H3. The molecule has 1 saturated carbocycles. The molecule has 1 aromatic carbocycles. The molecule has 20 heavy (non-hydrogen) atoms. The molecule has 0 atom stereocenters. The Morgan fingerprint density at radius 1 is 1.30 bits per heavy atom. The van der Waals surface area contributed by atoms with Crippen molar-refractivity contribution in [3.63, 3.8) is 0 Å². The summed E-state index contributed by atoms with van der Waals surface area (Å²) < 4.78 is 10.7. The maximum Gasteiger partial charge on any atom is 0.129 e. The second-order valence-corrected chi connectivity index (χ2v) is 5.64. The summed E-state index contributed by atoms with van der Waals surface area (Å²) in [7, 11) is 3.37. The monoisotopic (exact) mass is 275 g/mol. The third kappa shape index (κ3) is 4.01. The average Bonchev–Trinajstić information content (AvgIpc) is 3.27. The van der Waals surface area contributed by atoms with E-state index in [2.05, 4.69) is 31.3 Å². The van der Waals surface area contributed by atoms with Crippen LogP contribution in [0.1, 0.15) is 32.3 Å². The molecular formula is C17H25NO2. The number of rotatable bonds is 7. The zero-order valence-corrected chi connectivity index (χ0v) is 12.9. The minimum atomic E-state index is 0.521. The first-order valence-electron chi connectivity index (χ1n) is 7.30. The van der Waals surface area contributed by atoms with Crippen LogP contribution in [0.15, 0.2) is 23.8 Å². The van der Waals surface area contributed by atoms with E-state index in [0.29, 0.717) is 5.92 Å². The van der Waals surface area contributed by atoms with Crippen LogP contribution in [0.2, 0.25) is 0 Å². The van der Waals surface area contributed by atoms with Gasteiger partial charge in [0, 0.05) is 24.2 Å². The molecule has 0 aromatic heterocycles. The summed E-state index contributed by atoms with van der Waals surface area (Å²) in [5, 5.41) is 3.58. The molecule has 1 aromatic rings. The lowest BCUT2D eigenvalue weighted by molar-refractivity contribution is 0.393. The smallest absolute Gasteiger partial charge is 0.129 e. The predicted molar refractivity (Wildman–Crippen MR) is 83.4 cm³/mol. The molecule has 0 spiro atoms. The van der Waals surface area contributed by atoms with Crippen molar-refractivity contribution in [2.45, 2.75) is 32.7 Å². The second-order valence-electron chi connectivity index (χ2n) is 5.64. The summed E-state index contributed by atoms with van der Waals surface area (Å²) in [5.74, 6) is 2.20. The molecule has 2 rings (SSSR count). The number of nitrogens with one attached hydrogen (secondary N) is 1. The molecule has 3 nitrogen and oxygen atoms in total. The second kappa shape index (κ2) is 6.80. The van der Waals surface area contributed by atoms with Gasteiger partial charge in [0.1, 0.15) is 11.5 Å². The molecule has 0 saturated heterocycles. The molecular weight excluding hydrogens is 250 g/mol. The molecule has 1 fully saturated rings. The van der Waals surface area contributed by atoms with Crippen molar-refractivity contribution in [3.8, 4) is 11.5 Å². The minimum Gasteiger partial charge on any atom is -0.497 e. The SMILES string of the molecule is COc1ccc(C=C(CNC2CC2)C(C)C)c(OC)c1. The van der Waals surface area contributed by atoms with Gasteiger partial charge in [-0.05, 0) is 30.9 Å². The third-order valence-electron chi connectivity index (χ3n) is 3.70. The highest BCUT2D eigenvalue weighted by atomic mass is 16.5. The van der Waals surface area contributed by atoms with E-state index in [0.717, 1.165) is 29.6 Å². The lowest BCUT2D eigenvalue weighted by Gasteiger charge is -2.14. The molecule has 0 bridgehead atoms. The highest BCUT2D eigenvalue weighted by Crippen LogP contribution is 2.28. The Morgan fingerprint density at radius 2 is 2.05 bits per heavy atom. The van der Waals surface area contributed by atoms with Crippen LogP contribution >= 0.6 is 0 Å². The van der Waals surface area contributed by atoms with Crippen molar-refractivity contribution in [1.29, 1.82) is 0 Å². The van der Waals surface area contributed by atoms with Crippen LogP contribution in [0.5, 0.6) is 11.5 Å². The van der Waals surface area contributed by atoms with Crippen LogP contribution < -0.4 is 14.8 Å². The zero-order chi connectivity index (χ0) is 14.5. The number of methoxy groups -OCH3 is 2. The fourth-order valence-electron chi connectivity index (χ4n) is 2.11. The summed E-state index contributed by atoms with van der Waals surface area (Å²) >= 11 is 0. The Bertz CT molecular complexity index is 476. The summed E-state index contributed by atoms with van der Waals surface area (Å²) in [4.78, 5) is 0. The van der Waals surface area contributed by atoms with Gasteiger partial charge in [-0.15, -0.1) is 0 Å². The van der Waals surface area contributed by atoms with Crippen molar-refractivity contribution >= 4 is 6.08 Å². The first-order valence-corrected chi connectivity index (χ1v) is 7.30. The molecule has 0 heterocycles. The van der Waals surface area contributed by atoms with Gasteiger partial charge in [0.2, 0.25) is 0 Å². The number of hydrogen-bond acceptors (Lipinski definition) is 3. The van der Waals surface area contributed by atoms with Crippen molar-refractivity contribution < 1.29 is 9.47 Å². The average molecular weight is 275 g/mol. The molecule has 0 unspecified atom stereocenters. The fourth-order valence-corrected chi connectivity index (χ4v) is 2.11. The quantitative estimate of drug-likeness (QED) is 0.826. The van der Waals surface area contributed by atoms with Gasteiger partial charge in [0.15, 0.2) is 0 Å². The van der Waals surface area contributed by atoms with Crippen LogP contribution in [0.25, 0.3) is 6.08 Å². The molecule has 3 heteroatoms. The zero-order valence-electron chi connectivity index (χ0n) is 12.9. The molecule has 1 N–H and O–H groups in total. The number of benzene rings is 1. The lowest BCUT2D eigenvalue weighted by atomic mass is 9.99. The number of hydrogen-bond donors (Lipinski definition) is 1. The minimum absolute atomic E-state index is 0.521. The molecule has 0 radical (unpaired) electrons. The normalized spacial score (nSPS) is 15.6. The van der Waals surface area contributed by atoms with E-state index in [4.69, 9.17) is 9.47 Å². The molecule has 0 aliphatic heterocycles.